The molecule has 0 N–H and O–H groups in total. The lowest BCUT2D eigenvalue weighted by Gasteiger charge is -2.33. The molecule has 2 aromatic rings. The Labute approximate surface area is 203 Å². The molecular formula is C28H37N3O3. The van der Waals surface area contributed by atoms with Gasteiger partial charge >= 0.3 is 11.8 Å². The Balaban J connectivity index is 1.71. The minimum Gasteiger partial charge on any atom is -0.493 e. The Bertz CT molecular complexity index is 1030. The van der Waals surface area contributed by atoms with Crippen LogP contribution in [0.2, 0.25) is 0 Å². The molecule has 3 aliphatic rings. The third kappa shape index (κ3) is 5.54. The molecule has 0 saturated carbocycles. The summed E-state index contributed by atoms with van der Waals surface area (Å²) in [7, 11) is 0. The second kappa shape index (κ2) is 10.5. The molecule has 2 bridgehead atoms. The summed E-state index contributed by atoms with van der Waals surface area (Å²) in [5.41, 5.74) is 4.48. The zero-order valence-corrected chi connectivity index (χ0v) is 20.9. The van der Waals surface area contributed by atoms with E-state index in [1.807, 2.05) is 12.1 Å². The highest BCUT2D eigenvalue weighted by Crippen LogP contribution is 2.32. The first kappa shape index (κ1) is 24.1. The summed E-state index contributed by atoms with van der Waals surface area (Å²) in [4.78, 5) is 31.2. The molecule has 182 valence electrons. The standard InChI is InChI=1S/C28H37N3O3/c1-20(2)17-30-12-6-11-29-13-14-31(28(33)27(29)32)18-24-10-9-23(16-26(24)30)22-7-5-8-25(15-22)34-19-21(3)4/h5,7-10,15-16,20-21H,6,11-14,17-19H2,1-4H3. The monoisotopic (exact) mass is 463 g/mol. The molecule has 34 heavy (non-hydrogen) atoms. The maximum Gasteiger partial charge on any atom is 0.312 e. The van der Waals surface area contributed by atoms with Gasteiger partial charge in [0, 0.05) is 45.0 Å². The van der Waals surface area contributed by atoms with Crippen LogP contribution in [0.3, 0.4) is 0 Å². The fraction of sp³-hybridized carbons (Fsp3) is 0.500. The average molecular weight is 464 g/mol. The number of ether oxygens (including phenoxy) is 1. The molecule has 6 heteroatoms. The zero-order chi connectivity index (χ0) is 24.2. The van der Waals surface area contributed by atoms with Crippen molar-refractivity contribution in [2.24, 2.45) is 11.8 Å². The molecule has 2 amide bonds. The summed E-state index contributed by atoms with van der Waals surface area (Å²) in [6, 6.07) is 14.7. The molecule has 0 atom stereocenters. The topological polar surface area (TPSA) is 53.1 Å². The van der Waals surface area contributed by atoms with Crippen LogP contribution in [0, 0.1) is 11.8 Å². The van der Waals surface area contributed by atoms with E-state index >= 15 is 0 Å². The van der Waals surface area contributed by atoms with Gasteiger partial charge in [-0.1, -0.05) is 52.0 Å². The fourth-order valence-electron chi connectivity index (χ4n) is 4.69. The van der Waals surface area contributed by atoms with Crippen molar-refractivity contribution in [1.29, 1.82) is 0 Å². The summed E-state index contributed by atoms with van der Waals surface area (Å²) in [6.45, 7) is 13.5. The van der Waals surface area contributed by atoms with Gasteiger partial charge < -0.3 is 19.4 Å². The van der Waals surface area contributed by atoms with Gasteiger partial charge in [-0.2, -0.15) is 0 Å². The molecular weight excluding hydrogens is 426 g/mol. The van der Waals surface area contributed by atoms with E-state index in [2.05, 4.69) is 62.9 Å². The van der Waals surface area contributed by atoms with E-state index in [0.29, 0.717) is 44.6 Å². The lowest BCUT2D eigenvalue weighted by Crippen LogP contribution is -2.54. The van der Waals surface area contributed by atoms with Crippen LogP contribution in [-0.4, -0.2) is 60.9 Å². The van der Waals surface area contributed by atoms with E-state index in [0.717, 1.165) is 47.6 Å². The summed E-state index contributed by atoms with van der Waals surface area (Å²) >= 11 is 0. The number of amides is 2. The van der Waals surface area contributed by atoms with Gasteiger partial charge in [-0.15, -0.1) is 0 Å². The smallest absolute Gasteiger partial charge is 0.312 e. The zero-order valence-electron chi connectivity index (χ0n) is 20.9. The number of fused-ring (bicyclic) bond motifs is 5. The summed E-state index contributed by atoms with van der Waals surface area (Å²) < 4.78 is 5.96. The first-order valence-electron chi connectivity index (χ1n) is 12.5. The number of piperazine rings is 1. The van der Waals surface area contributed by atoms with E-state index in [1.54, 1.807) is 9.80 Å². The van der Waals surface area contributed by atoms with Gasteiger partial charge in [0.05, 0.1) is 6.61 Å². The number of hydrogen-bond donors (Lipinski definition) is 0. The van der Waals surface area contributed by atoms with Crippen LogP contribution in [0.5, 0.6) is 5.75 Å². The van der Waals surface area contributed by atoms with Crippen molar-refractivity contribution >= 4 is 17.5 Å². The lowest BCUT2D eigenvalue weighted by molar-refractivity contribution is -0.156. The predicted molar refractivity (Wildman–Crippen MR) is 136 cm³/mol. The van der Waals surface area contributed by atoms with Gasteiger partial charge in [-0.3, -0.25) is 9.59 Å². The maximum absolute atomic E-state index is 12.7. The van der Waals surface area contributed by atoms with Gasteiger partial charge in [-0.05, 0) is 53.1 Å². The first-order chi connectivity index (χ1) is 16.3. The van der Waals surface area contributed by atoms with E-state index in [1.165, 1.54) is 0 Å². The van der Waals surface area contributed by atoms with Gasteiger partial charge in [0.1, 0.15) is 5.75 Å². The molecule has 3 aliphatic heterocycles. The van der Waals surface area contributed by atoms with E-state index in [9.17, 15) is 9.59 Å². The first-order valence-corrected chi connectivity index (χ1v) is 12.5. The third-order valence-corrected chi connectivity index (χ3v) is 6.38. The van der Waals surface area contributed by atoms with Crippen LogP contribution >= 0.6 is 0 Å². The van der Waals surface area contributed by atoms with Crippen molar-refractivity contribution < 1.29 is 14.3 Å². The van der Waals surface area contributed by atoms with Crippen molar-refractivity contribution in [1.82, 2.24) is 9.80 Å². The highest BCUT2D eigenvalue weighted by molar-refractivity contribution is 6.35. The molecule has 6 nitrogen and oxygen atoms in total. The number of benzene rings is 2. The molecule has 0 unspecified atom stereocenters. The largest absolute Gasteiger partial charge is 0.493 e. The molecule has 0 spiro atoms. The van der Waals surface area contributed by atoms with Crippen LogP contribution in [-0.2, 0) is 16.1 Å². The molecule has 2 aromatic carbocycles. The maximum atomic E-state index is 12.7. The molecule has 0 radical (unpaired) electrons. The summed E-state index contributed by atoms with van der Waals surface area (Å²) in [5, 5.41) is 0. The Morgan fingerprint density at radius 2 is 1.56 bits per heavy atom. The average Bonchev–Trinajstić information content (AvgIpc) is 2.85. The molecule has 3 heterocycles. The van der Waals surface area contributed by atoms with Crippen LogP contribution in [0.4, 0.5) is 5.69 Å². The number of anilines is 1. The number of hydrogen-bond acceptors (Lipinski definition) is 4. The van der Waals surface area contributed by atoms with E-state index < -0.39 is 0 Å². The van der Waals surface area contributed by atoms with Crippen LogP contribution in [0.25, 0.3) is 11.1 Å². The molecule has 0 aromatic heterocycles. The van der Waals surface area contributed by atoms with Gasteiger partial charge in [-0.25, -0.2) is 0 Å². The Hall–Kier alpha value is -3.02. The van der Waals surface area contributed by atoms with Crippen LogP contribution in [0.15, 0.2) is 42.5 Å². The van der Waals surface area contributed by atoms with Crippen molar-refractivity contribution in [3.05, 3.63) is 48.0 Å². The molecule has 5 rings (SSSR count). The Morgan fingerprint density at radius 3 is 2.32 bits per heavy atom. The molecule has 0 aliphatic carbocycles. The second-order valence-corrected chi connectivity index (χ2v) is 10.3. The summed E-state index contributed by atoms with van der Waals surface area (Å²) in [6.07, 6.45) is 0.841. The third-order valence-electron chi connectivity index (χ3n) is 6.38. The van der Waals surface area contributed by atoms with Gasteiger partial charge in [0.25, 0.3) is 0 Å². The van der Waals surface area contributed by atoms with E-state index in [4.69, 9.17) is 4.74 Å². The minimum absolute atomic E-state index is 0.361. The second-order valence-electron chi connectivity index (χ2n) is 10.3. The highest BCUT2D eigenvalue weighted by atomic mass is 16.5. The quantitative estimate of drug-likeness (QED) is 0.595. The van der Waals surface area contributed by atoms with Crippen molar-refractivity contribution in [2.75, 3.05) is 44.2 Å². The van der Waals surface area contributed by atoms with Crippen LogP contribution in [0.1, 0.15) is 39.7 Å². The van der Waals surface area contributed by atoms with Gasteiger partial charge in [0.2, 0.25) is 0 Å². The Morgan fingerprint density at radius 1 is 0.824 bits per heavy atom. The minimum atomic E-state index is -0.381. The van der Waals surface area contributed by atoms with Crippen molar-refractivity contribution in [3.8, 4) is 16.9 Å². The number of carbonyl (C=O) groups is 2. The summed E-state index contributed by atoms with van der Waals surface area (Å²) in [5.74, 6) is 1.10. The van der Waals surface area contributed by atoms with Crippen molar-refractivity contribution in [3.63, 3.8) is 0 Å². The fourth-order valence-corrected chi connectivity index (χ4v) is 4.69. The number of carbonyl (C=O) groups excluding carboxylic acids is 2. The predicted octanol–water partition coefficient (Wildman–Crippen LogP) is 4.43. The highest BCUT2D eigenvalue weighted by Gasteiger charge is 2.33. The van der Waals surface area contributed by atoms with Gasteiger partial charge in [0.15, 0.2) is 0 Å². The SMILES string of the molecule is CC(C)COc1cccc(-c2ccc3c(c2)N(CC(C)C)CCCN2CCN(C3)C(=O)C2=O)c1. The van der Waals surface area contributed by atoms with E-state index in [-0.39, 0.29) is 11.8 Å². The van der Waals surface area contributed by atoms with Crippen LogP contribution < -0.4 is 9.64 Å². The Kier molecular flexibility index (Phi) is 7.44. The molecule has 1 fully saturated rings. The molecule has 1 saturated heterocycles. The number of rotatable bonds is 6. The number of nitrogens with zero attached hydrogens (tertiary/aromatic N) is 3. The van der Waals surface area contributed by atoms with Crippen molar-refractivity contribution in [2.45, 2.75) is 40.7 Å². The normalized spacial score (nSPS) is 16.8. The lowest BCUT2D eigenvalue weighted by atomic mass is 10.00.